The second kappa shape index (κ2) is 8.85. The zero-order chi connectivity index (χ0) is 15.9. The number of hydrogen-bond donors (Lipinski definition) is 2. The van der Waals surface area contributed by atoms with Crippen LogP contribution < -0.4 is 0 Å². The molecule has 0 bridgehead atoms. The first-order valence-corrected chi connectivity index (χ1v) is 8.33. The minimum atomic E-state index is -0.476. The molecule has 0 amide bonds. The minimum Gasteiger partial charge on any atom is -0.393 e. The minimum absolute atomic E-state index is 0.227. The van der Waals surface area contributed by atoms with Crippen LogP contribution in [0.4, 0.5) is 0 Å². The maximum Gasteiger partial charge on any atom is 0.0900 e. The average molecular weight is 328 g/mol. The van der Waals surface area contributed by atoms with Crippen molar-refractivity contribution in [3.05, 3.63) is 34.9 Å². The van der Waals surface area contributed by atoms with E-state index in [0.717, 1.165) is 31.5 Å². The lowest BCUT2D eigenvalue weighted by Crippen LogP contribution is -2.42. The molecule has 1 aliphatic heterocycles. The Labute approximate surface area is 137 Å². The molecule has 0 spiro atoms. The van der Waals surface area contributed by atoms with Crippen molar-refractivity contribution in [1.29, 1.82) is 0 Å². The zero-order valence-corrected chi connectivity index (χ0v) is 13.9. The van der Waals surface area contributed by atoms with Crippen molar-refractivity contribution in [2.45, 2.75) is 38.6 Å². The van der Waals surface area contributed by atoms with Crippen LogP contribution in [-0.2, 0) is 11.3 Å². The lowest BCUT2D eigenvalue weighted by Gasteiger charge is -2.34. The maximum absolute atomic E-state index is 10.1. The summed E-state index contributed by atoms with van der Waals surface area (Å²) in [6.45, 7) is 5.18. The van der Waals surface area contributed by atoms with Crippen molar-refractivity contribution in [2.24, 2.45) is 5.92 Å². The van der Waals surface area contributed by atoms with Crippen molar-refractivity contribution >= 4 is 11.6 Å². The summed E-state index contributed by atoms with van der Waals surface area (Å²) < 4.78 is 5.56. The first-order chi connectivity index (χ1) is 10.5. The Morgan fingerprint density at radius 1 is 1.23 bits per heavy atom. The molecular formula is C17H26ClNO3. The van der Waals surface area contributed by atoms with E-state index in [9.17, 15) is 10.2 Å². The number of hydrogen-bond acceptors (Lipinski definition) is 4. The molecule has 1 fully saturated rings. The van der Waals surface area contributed by atoms with Crippen molar-refractivity contribution in [2.75, 3.05) is 26.2 Å². The normalized spacial score (nSPS) is 20.0. The standard InChI is InChI=1S/C17H26ClNO3/c1-13(20)15-6-8-19(9-7-15)10-17(21)12-22-11-14-2-4-16(18)5-3-14/h2-5,13,15,17,20-21H,6-12H2,1H3. The molecule has 1 aromatic rings. The van der Waals surface area contributed by atoms with Crippen LogP contribution in [-0.4, -0.2) is 53.6 Å². The summed E-state index contributed by atoms with van der Waals surface area (Å²) in [4.78, 5) is 2.25. The van der Waals surface area contributed by atoms with Gasteiger partial charge in [-0.3, -0.25) is 0 Å². The van der Waals surface area contributed by atoms with Gasteiger partial charge in [-0.25, -0.2) is 0 Å². The molecule has 1 heterocycles. The highest BCUT2D eigenvalue weighted by molar-refractivity contribution is 6.30. The van der Waals surface area contributed by atoms with Crippen LogP contribution in [0, 0.1) is 5.92 Å². The summed E-state index contributed by atoms with van der Waals surface area (Å²) in [6, 6.07) is 7.52. The molecule has 2 N–H and O–H groups in total. The van der Waals surface area contributed by atoms with Gasteiger partial charge in [0.25, 0.3) is 0 Å². The number of halogens is 1. The van der Waals surface area contributed by atoms with Crippen LogP contribution in [0.15, 0.2) is 24.3 Å². The quantitative estimate of drug-likeness (QED) is 0.807. The monoisotopic (exact) mass is 327 g/mol. The Bertz CT molecular complexity index is 430. The van der Waals surface area contributed by atoms with E-state index in [2.05, 4.69) is 4.90 Å². The van der Waals surface area contributed by atoms with Crippen LogP contribution in [0.1, 0.15) is 25.3 Å². The lowest BCUT2D eigenvalue weighted by atomic mass is 9.92. The molecule has 1 saturated heterocycles. The average Bonchev–Trinajstić information content (AvgIpc) is 2.50. The van der Waals surface area contributed by atoms with E-state index >= 15 is 0 Å². The van der Waals surface area contributed by atoms with Crippen molar-refractivity contribution < 1.29 is 14.9 Å². The number of aliphatic hydroxyl groups excluding tert-OH is 2. The van der Waals surface area contributed by atoms with Crippen molar-refractivity contribution in [1.82, 2.24) is 4.90 Å². The molecule has 2 rings (SSSR count). The lowest BCUT2D eigenvalue weighted by molar-refractivity contribution is -0.00169. The van der Waals surface area contributed by atoms with E-state index in [1.54, 1.807) is 0 Å². The summed E-state index contributed by atoms with van der Waals surface area (Å²) >= 11 is 5.83. The summed E-state index contributed by atoms with van der Waals surface area (Å²) in [5.74, 6) is 0.398. The van der Waals surface area contributed by atoms with Crippen LogP contribution in [0.5, 0.6) is 0 Å². The van der Waals surface area contributed by atoms with Gasteiger partial charge in [-0.2, -0.15) is 0 Å². The van der Waals surface area contributed by atoms with E-state index in [1.807, 2.05) is 31.2 Å². The summed E-state index contributed by atoms with van der Waals surface area (Å²) in [6.07, 6.45) is 1.29. The fraction of sp³-hybridized carbons (Fsp3) is 0.647. The number of aliphatic hydroxyl groups is 2. The van der Waals surface area contributed by atoms with Gasteiger partial charge in [0, 0.05) is 11.6 Å². The Balaban J connectivity index is 1.62. The fourth-order valence-corrected chi connectivity index (χ4v) is 2.99. The molecular weight excluding hydrogens is 302 g/mol. The number of ether oxygens (including phenoxy) is 1. The zero-order valence-electron chi connectivity index (χ0n) is 13.1. The second-order valence-electron chi connectivity index (χ2n) is 6.17. The maximum atomic E-state index is 10.1. The largest absolute Gasteiger partial charge is 0.393 e. The van der Waals surface area contributed by atoms with E-state index in [0.29, 0.717) is 30.7 Å². The van der Waals surface area contributed by atoms with Crippen molar-refractivity contribution in [3.63, 3.8) is 0 Å². The Hall–Kier alpha value is -0.650. The van der Waals surface area contributed by atoms with Gasteiger partial charge >= 0.3 is 0 Å². The topological polar surface area (TPSA) is 52.9 Å². The molecule has 0 aromatic heterocycles. The van der Waals surface area contributed by atoms with Crippen LogP contribution in [0.3, 0.4) is 0 Å². The van der Waals surface area contributed by atoms with E-state index in [4.69, 9.17) is 16.3 Å². The number of rotatable bonds is 7. The third-order valence-corrected chi connectivity index (χ3v) is 4.53. The molecule has 0 aliphatic carbocycles. The predicted molar refractivity (Wildman–Crippen MR) is 88.0 cm³/mol. The van der Waals surface area contributed by atoms with Gasteiger partial charge in [0.15, 0.2) is 0 Å². The van der Waals surface area contributed by atoms with Crippen LogP contribution in [0.25, 0.3) is 0 Å². The van der Waals surface area contributed by atoms with Gasteiger partial charge in [0.1, 0.15) is 0 Å². The van der Waals surface area contributed by atoms with E-state index < -0.39 is 6.10 Å². The van der Waals surface area contributed by atoms with Gasteiger partial charge in [0.2, 0.25) is 0 Å². The number of piperidine rings is 1. The number of likely N-dealkylation sites (tertiary alicyclic amines) is 1. The van der Waals surface area contributed by atoms with Gasteiger partial charge in [-0.15, -0.1) is 0 Å². The SMILES string of the molecule is CC(O)C1CCN(CC(O)COCc2ccc(Cl)cc2)CC1. The summed E-state index contributed by atoms with van der Waals surface area (Å²) in [5.41, 5.74) is 1.05. The molecule has 0 saturated carbocycles. The first-order valence-electron chi connectivity index (χ1n) is 7.95. The summed E-state index contributed by atoms with van der Waals surface area (Å²) in [7, 11) is 0. The fourth-order valence-electron chi connectivity index (χ4n) is 2.86. The molecule has 1 aliphatic rings. The van der Waals surface area contributed by atoms with Gasteiger partial charge in [-0.1, -0.05) is 23.7 Å². The molecule has 2 atom stereocenters. The Morgan fingerprint density at radius 2 is 1.86 bits per heavy atom. The molecule has 5 heteroatoms. The molecule has 2 unspecified atom stereocenters. The molecule has 1 aromatic carbocycles. The van der Waals surface area contributed by atoms with Crippen molar-refractivity contribution in [3.8, 4) is 0 Å². The highest BCUT2D eigenvalue weighted by Gasteiger charge is 2.23. The third-order valence-electron chi connectivity index (χ3n) is 4.28. The second-order valence-corrected chi connectivity index (χ2v) is 6.61. The molecule has 4 nitrogen and oxygen atoms in total. The number of nitrogens with zero attached hydrogens (tertiary/aromatic N) is 1. The number of β-amino-alcohol motifs (C(OH)–C–C–N with tert-alkyl or cyclic N) is 1. The van der Waals surface area contributed by atoms with Crippen LogP contribution >= 0.6 is 11.6 Å². The van der Waals surface area contributed by atoms with E-state index in [1.165, 1.54) is 0 Å². The van der Waals surface area contributed by atoms with Gasteiger partial charge in [-0.05, 0) is 56.5 Å². The third kappa shape index (κ3) is 5.86. The molecule has 0 radical (unpaired) electrons. The molecule has 124 valence electrons. The number of benzene rings is 1. The molecule has 22 heavy (non-hydrogen) atoms. The van der Waals surface area contributed by atoms with Gasteiger partial charge in [0.05, 0.1) is 25.4 Å². The highest BCUT2D eigenvalue weighted by atomic mass is 35.5. The highest BCUT2D eigenvalue weighted by Crippen LogP contribution is 2.20. The van der Waals surface area contributed by atoms with E-state index in [-0.39, 0.29) is 6.10 Å². The first kappa shape index (κ1) is 17.7. The predicted octanol–water partition coefficient (Wildman–Crippen LogP) is 2.31. The Kier molecular flexibility index (Phi) is 7.12. The smallest absolute Gasteiger partial charge is 0.0900 e. The Morgan fingerprint density at radius 3 is 2.45 bits per heavy atom. The van der Waals surface area contributed by atoms with Crippen LogP contribution in [0.2, 0.25) is 5.02 Å². The summed E-state index contributed by atoms with van der Waals surface area (Å²) in [5, 5.41) is 20.4. The van der Waals surface area contributed by atoms with Gasteiger partial charge < -0.3 is 19.8 Å².